The molecule has 0 aliphatic rings. The van der Waals surface area contributed by atoms with Crippen molar-refractivity contribution in [2.45, 2.75) is 0 Å². The van der Waals surface area contributed by atoms with Gasteiger partial charge in [0.15, 0.2) is 6.40 Å². The number of carbonyl (C=O) groups is 1. The zero-order valence-electron chi connectivity index (χ0n) is 8.87. The molecule has 0 spiro atoms. The number of carbonyl (C=O) groups excluding carboxylic acids is 1. The second kappa shape index (κ2) is 6.15. The lowest BCUT2D eigenvalue weighted by Gasteiger charge is -2.07. The Morgan fingerprint density at radius 1 is 1.47 bits per heavy atom. The minimum absolute atomic E-state index is 0.0888. The van der Waals surface area contributed by atoms with E-state index in [4.69, 9.17) is 10.1 Å². The number of halogens is 2. The van der Waals surface area contributed by atoms with E-state index in [9.17, 15) is 9.18 Å². The predicted molar refractivity (Wildman–Crippen MR) is 64.1 cm³/mol. The summed E-state index contributed by atoms with van der Waals surface area (Å²) in [6.45, 7) is 0. The van der Waals surface area contributed by atoms with E-state index in [0.29, 0.717) is 6.40 Å². The highest BCUT2D eigenvalue weighted by molar-refractivity contribution is 9.15. The van der Waals surface area contributed by atoms with Crippen LogP contribution in [0.3, 0.4) is 0 Å². The molecule has 1 N–H and O–H groups in total. The fourth-order valence-electron chi connectivity index (χ4n) is 1.10. The Morgan fingerprint density at radius 2 is 2.12 bits per heavy atom. The molecule has 0 aromatic heterocycles. The molecule has 1 rings (SSSR count). The highest BCUT2D eigenvalue weighted by Crippen LogP contribution is 2.28. The Bertz CT molecular complexity index is 474. The molecule has 1 aromatic carbocycles. The van der Waals surface area contributed by atoms with E-state index >= 15 is 0 Å². The van der Waals surface area contributed by atoms with Crippen LogP contribution in [-0.2, 0) is 14.3 Å². The smallest absolute Gasteiger partial charge is 0.375 e. The minimum Gasteiger partial charge on any atom is -0.463 e. The van der Waals surface area contributed by atoms with Gasteiger partial charge in [0, 0.05) is 5.56 Å². The Kier molecular flexibility index (Phi) is 4.84. The Balaban J connectivity index is 3.28. The zero-order chi connectivity index (χ0) is 12.8. The third kappa shape index (κ3) is 3.13. The van der Waals surface area contributed by atoms with Gasteiger partial charge in [-0.1, -0.05) is 18.2 Å². The number of methoxy groups -OCH3 is 1. The monoisotopic (exact) mass is 301 g/mol. The summed E-state index contributed by atoms with van der Waals surface area (Å²) in [4.78, 5) is 11.4. The second-order valence-corrected chi connectivity index (χ2v) is 3.64. The van der Waals surface area contributed by atoms with Gasteiger partial charge in [0.05, 0.1) is 11.6 Å². The average molecular weight is 302 g/mol. The number of benzene rings is 1. The van der Waals surface area contributed by atoms with Crippen LogP contribution in [0.15, 0.2) is 30.0 Å². The fraction of sp³-hybridized carbons (Fsp3) is 0.0909. The van der Waals surface area contributed by atoms with Crippen molar-refractivity contribution in [3.05, 3.63) is 41.4 Å². The van der Waals surface area contributed by atoms with Gasteiger partial charge < -0.3 is 9.47 Å². The number of nitrogens with one attached hydrogen (secondary N) is 1. The minimum atomic E-state index is -0.802. The van der Waals surface area contributed by atoms with Gasteiger partial charge in [0.25, 0.3) is 0 Å². The maximum atomic E-state index is 13.5. The summed E-state index contributed by atoms with van der Waals surface area (Å²) in [5.41, 5.74) is 0.148. The maximum Gasteiger partial charge on any atom is 0.375 e. The average Bonchev–Trinajstić information content (AvgIpc) is 2.35. The van der Waals surface area contributed by atoms with E-state index in [2.05, 4.69) is 20.7 Å². The molecule has 4 nitrogen and oxygen atoms in total. The predicted octanol–water partition coefficient (Wildman–Crippen LogP) is 2.69. The van der Waals surface area contributed by atoms with Gasteiger partial charge in [-0.2, -0.15) is 0 Å². The molecule has 0 fully saturated rings. The molecule has 0 amide bonds. The maximum absolute atomic E-state index is 13.5. The van der Waals surface area contributed by atoms with Crippen LogP contribution in [-0.4, -0.2) is 19.5 Å². The Hall–Kier alpha value is -1.69. The van der Waals surface area contributed by atoms with Crippen LogP contribution in [0.25, 0.3) is 4.48 Å². The summed E-state index contributed by atoms with van der Waals surface area (Å²) in [7, 11) is 1.16. The lowest BCUT2D eigenvalue weighted by atomic mass is 10.2. The van der Waals surface area contributed by atoms with Crippen molar-refractivity contribution in [3.63, 3.8) is 0 Å². The molecule has 6 heteroatoms. The van der Waals surface area contributed by atoms with Crippen molar-refractivity contribution in [1.82, 2.24) is 0 Å². The Morgan fingerprint density at radius 3 is 2.65 bits per heavy atom. The molecular weight excluding hydrogens is 293 g/mol. The first-order valence-electron chi connectivity index (χ1n) is 4.50. The summed E-state index contributed by atoms with van der Waals surface area (Å²) in [5.74, 6) is -1.61. The molecule has 0 aliphatic carbocycles. The summed E-state index contributed by atoms with van der Waals surface area (Å²) >= 11 is 3.06. The van der Waals surface area contributed by atoms with Crippen LogP contribution in [0.4, 0.5) is 4.39 Å². The number of ether oxygens (including phenoxy) is 2. The van der Waals surface area contributed by atoms with E-state index in [1.807, 2.05) is 0 Å². The number of esters is 1. The lowest BCUT2D eigenvalue weighted by Crippen LogP contribution is -2.09. The SMILES string of the molecule is COC(=O)/C(OC=N)=C(\Br)c1ccccc1F. The van der Waals surface area contributed by atoms with Gasteiger partial charge in [-0.3, -0.25) is 5.41 Å². The number of hydrogen-bond donors (Lipinski definition) is 1. The molecule has 17 heavy (non-hydrogen) atoms. The summed E-state index contributed by atoms with van der Waals surface area (Å²) in [5, 5.41) is 6.81. The van der Waals surface area contributed by atoms with Crippen LogP contribution in [0.5, 0.6) is 0 Å². The summed E-state index contributed by atoms with van der Waals surface area (Å²) in [6.07, 6.45) is 0.564. The first kappa shape index (κ1) is 13.4. The van der Waals surface area contributed by atoms with Gasteiger partial charge in [-0.05, 0) is 22.0 Å². The highest BCUT2D eigenvalue weighted by atomic mass is 79.9. The first-order chi connectivity index (χ1) is 8.11. The molecule has 0 aliphatic heterocycles. The van der Waals surface area contributed by atoms with E-state index in [-0.39, 0.29) is 15.8 Å². The standard InChI is InChI=1S/C11H9BrFNO3/c1-16-11(15)10(17-6-14)9(12)7-4-2-3-5-8(7)13/h2-6,14H,1H3/b10-9+,14-6?. The normalized spacial score (nSPS) is 11.5. The van der Waals surface area contributed by atoms with Crippen LogP contribution in [0.2, 0.25) is 0 Å². The molecule has 0 saturated heterocycles. The second-order valence-electron chi connectivity index (χ2n) is 2.85. The number of hydrogen-bond acceptors (Lipinski definition) is 4. The molecular formula is C11H9BrFNO3. The molecule has 1 aromatic rings. The van der Waals surface area contributed by atoms with Crippen LogP contribution >= 0.6 is 15.9 Å². The van der Waals surface area contributed by atoms with Gasteiger partial charge in [0.1, 0.15) is 5.82 Å². The summed E-state index contributed by atoms with van der Waals surface area (Å²) < 4.78 is 22.7. The van der Waals surface area contributed by atoms with Gasteiger partial charge >= 0.3 is 5.97 Å². The van der Waals surface area contributed by atoms with E-state index < -0.39 is 11.8 Å². The molecule has 0 atom stereocenters. The molecule has 0 unspecified atom stereocenters. The lowest BCUT2D eigenvalue weighted by molar-refractivity contribution is -0.138. The van der Waals surface area contributed by atoms with Crippen LogP contribution < -0.4 is 0 Å². The van der Waals surface area contributed by atoms with E-state index in [0.717, 1.165) is 7.11 Å². The molecule has 0 bridgehead atoms. The quantitative estimate of drug-likeness (QED) is 0.306. The third-order valence-electron chi connectivity index (χ3n) is 1.86. The summed E-state index contributed by atoms with van der Waals surface area (Å²) in [6, 6.07) is 5.85. The Labute approximate surface area is 106 Å². The molecule has 0 radical (unpaired) electrons. The zero-order valence-corrected chi connectivity index (χ0v) is 10.5. The van der Waals surface area contributed by atoms with Gasteiger partial charge in [-0.15, -0.1) is 0 Å². The molecule has 0 heterocycles. The molecule has 0 saturated carbocycles. The molecule has 90 valence electrons. The topological polar surface area (TPSA) is 59.4 Å². The van der Waals surface area contributed by atoms with Crippen molar-refractivity contribution >= 4 is 32.8 Å². The van der Waals surface area contributed by atoms with Crippen LogP contribution in [0, 0.1) is 11.2 Å². The largest absolute Gasteiger partial charge is 0.463 e. The van der Waals surface area contributed by atoms with Crippen molar-refractivity contribution in [2.24, 2.45) is 0 Å². The van der Waals surface area contributed by atoms with E-state index in [1.54, 1.807) is 6.07 Å². The third-order valence-corrected chi connectivity index (χ3v) is 2.64. The first-order valence-corrected chi connectivity index (χ1v) is 5.29. The van der Waals surface area contributed by atoms with Crippen molar-refractivity contribution in [2.75, 3.05) is 7.11 Å². The van der Waals surface area contributed by atoms with E-state index in [1.165, 1.54) is 18.2 Å². The van der Waals surface area contributed by atoms with Crippen molar-refractivity contribution < 1.29 is 18.7 Å². The van der Waals surface area contributed by atoms with Crippen LogP contribution in [0.1, 0.15) is 5.56 Å². The van der Waals surface area contributed by atoms with Crippen molar-refractivity contribution in [3.8, 4) is 0 Å². The van der Waals surface area contributed by atoms with Crippen molar-refractivity contribution in [1.29, 1.82) is 5.41 Å². The van der Waals surface area contributed by atoms with Gasteiger partial charge in [0.2, 0.25) is 5.76 Å². The highest BCUT2D eigenvalue weighted by Gasteiger charge is 2.19. The number of rotatable bonds is 4. The van der Waals surface area contributed by atoms with Gasteiger partial charge in [-0.25, -0.2) is 9.18 Å². The fourth-order valence-corrected chi connectivity index (χ4v) is 1.68.